The van der Waals surface area contributed by atoms with Crippen molar-refractivity contribution in [1.82, 2.24) is 10.2 Å². The minimum Gasteiger partial charge on any atom is -0.495 e. The first-order valence-electron chi connectivity index (χ1n) is 8.00. The Labute approximate surface area is 142 Å². The first kappa shape index (κ1) is 17.9. The molecular formula is C17H25ClN2O3. The van der Waals surface area contributed by atoms with Gasteiger partial charge in [0.05, 0.1) is 18.2 Å². The van der Waals surface area contributed by atoms with Crippen LogP contribution >= 0.6 is 11.6 Å². The van der Waals surface area contributed by atoms with Crippen LogP contribution in [0.5, 0.6) is 5.75 Å². The van der Waals surface area contributed by atoms with Crippen LogP contribution < -0.4 is 10.1 Å². The van der Waals surface area contributed by atoms with Gasteiger partial charge in [0.2, 0.25) is 0 Å². The molecule has 1 aliphatic carbocycles. The first-order chi connectivity index (χ1) is 11.0. The molecular weight excluding hydrogens is 316 g/mol. The third-order valence-corrected chi connectivity index (χ3v) is 4.68. The molecule has 2 amide bonds. The Balaban J connectivity index is 1.82. The highest BCUT2D eigenvalue weighted by atomic mass is 35.5. The lowest BCUT2D eigenvalue weighted by Gasteiger charge is -2.31. The maximum atomic E-state index is 12.2. The van der Waals surface area contributed by atoms with E-state index in [0.717, 1.165) is 31.2 Å². The second kappa shape index (κ2) is 8.41. The van der Waals surface area contributed by atoms with Crippen molar-refractivity contribution in [3.8, 4) is 5.75 Å². The summed E-state index contributed by atoms with van der Waals surface area (Å²) in [6.07, 6.45) is 3.73. The molecule has 0 bridgehead atoms. The number of carbonyl (C=O) groups excluding carboxylic acids is 1. The van der Waals surface area contributed by atoms with Crippen LogP contribution in [0.4, 0.5) is 4.79 Å². The van der Waals surface area contributed by atoms with E-state index in [1.807, 2.05) is 6.07 Å². The van der Waals surface area contributed by atoms with Crippen LogP contribution in [0, 0.1) is 5.92 Å². The van der Waals surface area contributed by atoms with E-state index in [2.05, 4.69) is 5.32 Å². The highest BCUT2D eigenvalue weighted by Crippen LogP contribution is 2.26. The Morgan fingerprint density at radius 1 is 1.43 bits per heavy atom. The molecule has 1 aromatic rings. The van der Waals surface area contributed by atoms with E-state index < -0.39 is 0 Å². The van der Waals surface area contributed by atoms with Crippen molar-refractivity contribution in [3.05, 3.63) is 28.8 Å². The molecule has 128 valence electrons. The van der Waals surface area contributed by atoms with Gasteiger partial charge in [0.15, 0.2) is 0 Å². The van der Waals surface area contributed by atoms with Crippen LogP contribution in [-0.2, 0) is 6.54 Å². The zero-order valence-electron chi connectivity index (χ0n) is 13.7. The number of nitrogens with zero attached hydrogens (tertiary/aromatic N) is 1. The summed E-state index contributed by atoms with van der Waals surface area (Å²) in [5.74, 6) is 0.792. The summed E-state index contributed by atoms with van der Waals surface area (Å²) < 4.78 is 5.11. The molecule has 5 nitrogen and oxygen atoms in total. The zero-order chi connectivity index (χ0) is 16.8. The quantitative estimate of drug-likeness (QED) is 0.866. The summed E-state index contributed by atoms with van der Waals surface area (Å²) in [6, 6.07) is 5.29. The van der Waals surface area contributed by atoms with Crippen molar-refractivity contribution in [2.45, 2.75) is 38.3 Å². The summed E-state index contributed by atoms with van der Waals surface area (Å²) in [7, 11) is 3.33. The van der Waals surface area contributed by atoms with Crippen LogP contribution in [0.2, 0.25) is 5.02 Å². The predicted octanol–water partition coefficient (Wildman–Crippen LogP) is 3.04. The van der Waals surface area contributed by atoms with Crippen LogP contribution in [0.3, 0.4) is 0 Å². The molecule has 0 aliphatic heterocycles. The number of halogens is 1. The van der Waals surface area contributed by atoms with E-state index in [-0.39, 0.29) is 18.1 Å². The van der Waals surface area contributed by atoms with E-state index in [4.69, 9.17) is 16.3 Å². The number of ether oxygens (including phenoxy) is 1. The molecule has 0 heterocycles. The number of urea groups is 1. The maximum absolute atomic E-state index is 12.2. The van der Waals surface area contributed by atoms with Gasteiger partial charge >= 0.3 is 6.03 Å². The number of methoxy groups -OCH3 is 1. The fraction of sp³-hybridized carbons (Fsp3) is 0.588. The smallest absolute Gasteiger partial charge is 0.317 e. The number of nitrogens with one attached hydrogen (secondary N) is 1. The fourth-order valence-electron chi connectivity index (χ4n) is 2.97. The number of amides is 2. The highest BCUT2D eigenvalue weighted by Gasteiger charge is 2.25. The molecule has 0 saturated heterocycles. The minimum absolute atomic E-state index is 0.144. The van der Waals surface area contributed by atoms with E-state index >= 15 is 0 Å². The monoisotopic (exact) mass is 340 g/mol. The minimum atomic E-state index is -0.292. The summed E-state index contributed by atoms with van der Waals surface area (Å²) in [6.45, 7) is 0.983. The van der Waals surface area contributed by atoms with Gasteiger partial charge in [0, 0.05) is 26.1 Å². The zero-order valence-corrected chi connectivity index (χ0v) is 14.5. The molecule has 1 aromatic carbocycles. The van der Waals surface area contributed by atoms with Crippen LogP contribution in [0.25, 0.3) is 0 Å². The van der Waals surface area contributed by atoms with E-state index in [1.54, 1.807) is 31.2 Å². The van der Waals surface area contributed by atoms with E-state index in [0.29, 0.717) is 23.9 Å². The van der Waals surface area contributed by atoms with Gasteiger partial charge in [-0.1, -0.05) is 30.5 Å². The van der Waals surface area contributed by atoms with E-state index in [9.17, 15) is 9.90 Å². The van der Waals surface area contributed by atoms with E-state index in [1.165, 1.54) is 0 Å². The topological polar surface area (TPSA) is 61.8 Å². The highest BCUT2D eigenvalue weighted by molar-refractivity contribution is 6.32. The number of hydrogen-bond acceptors (Lipinski definition) is 3. The average Bonchev–Trinajstić information content (AvgIpc) is 2.54. The van der Waals surface area contributed by atoms with Gasteiger partial charge in [-0.3, -0.25) is 0 Å². The Morgan fingerprint density at radius 2 is 2.17 bits per heavy atom. The summed E-state index contributed by atoms with van der Waals surface area (Å²) in [5.41, 5.74) is 0.912. The second-order valence-corrected chi connectivity index (χ2v) is 6.53. The molecule has 1 fully saturated rings. The molecule has 2 atom stereocenters. The number of carbonyl (C=O) groups is 1. The normalized spacial score (nSPS) is 20.9. The molecule has 6 heteroatoms. The van der Waals surface area contributed by atoms with Crippen molar-refractivity contribution >= 4 is 17.6 Å². The molecule has 23 heavy (non-hydrogen) atoms. The van der Waals surface area contributed by atoms with Crippen LogP contribution in [-0.4, -0.2) is 42.8 Å². The Morgan fingerprint density at radius 3 is 2.83 bits per heavy atom. The third kappa shape index (κ3) is 5.01. The second-order valence-electron chi connectivity index (χ2n) is 6.12. The molecule has 1 saturated carbocycles. The summed E-state index contributed by atoms with van der Waals surface area (Å²) in [4.78, 5) is 13.8. The Kier molecular flexibility index (Phi) is 6.54. The van der Waals surface area contributed by atoms with Gasteiger partial charge in [0.25, 0.3) is 0 Å². The number of aliphatic hydroxyl groups excluding tert-OH is 1. The molecule has 0 aromatic heterocycles. The van der Waals surface area contributed by atoms with Crippen molar-refractivity contribution in [2.75, 3.05) is 20.7 Å². The lowest BCUT2D eigenvalue weighted by Crippen LogP contribution is -2.42. The number of benzene rings is 1. The summed E-state index contributed by atoms with van der Waals surface area (Å²) in [5, 5.41) is 13.4. The predicted molar refractivity (Wildman–Crippen MR) is 90.8 cm³/mol. The Hall–Kier alpha value is -1.46. The van der Waals surface area contributed by atoms with Gasteiger partial charge < -0.3 is 20.1 Å². The lowest BCUT2D eigenvalue weighted by atomic mass is 9.86. The van der Waals surface area contributed by atoms with Gasteiger partial charge in [0.1, 0.15) is 5.75 Å². The van der Waals surface area contributed by atoms with Crippen molar-refractivity contribution in [2.24, 2.45) is 5.92 Å². The largest absolute Gasteiger partial charge is 0.495 e. The summed E-state index contributed by atoms with van der Waals surface area (Å²) >= 11 is 6.08. The van der Waals surface area contributed by atoms with Gasteiger partial charge in [-0.2, -0.15) is 0 Å². The fourth-order valence-corrected chi connectivity index (χ4v) is 3.25. The first-order valence-corrected chi connectivity index (χ1v) is 8.38. The van der Waals surface area contributed by atoms with Gasteiger partial charge in [-0.05, 0) is 30.5 Å². The van der Waals surface area contributed by atoms with Crippen LogP contribution in [0.15, 0.2) is 18.2 Å². The Bertz CT molecular complexity index is 539. The van der Waals surface area contributed by atoms with Crippen molar-refractivity contribution < 1.29 is 14.6 Å². The number of aliphatic hydroxyl groups is 1. The maximum Gasteiger partial charge on any atom is 0.317 e. The van der Waals surface area contributed by atoms with Crippen LogP contribution in [0.1, 0.15) is 31.2 Å². The number of hydrogen-bond donors (Lipinski definition) is 2. The van der Waals surface area contributed by atoms with Gasteiger partial charge in [-0.15, -0.1) is 0 Å². The standard InChI is InChI=1S/C17H25ClN2O3/c1-20(11-13-5-3-4-6-15(13)21)17(22)19-10-12-7-8-16(23-2)14(18)9-12/h7-9,13,15,21H,3-6,10-11H2,1-2H3,(H,19,22). The van der Waals surface area contributed by atoms with Crippen molar-refractivity contribution in [1.29, 1.82) is 0 Å². The molecule has 0 spiro atoms. The lowest BCUT2D eigenvalue weighted by molar-refractivity contribution is 0.0565. The van der Waals surface area contributed by atoms with Crippen molar-refractivity contribution in [3.63, 3.8) is 0 Å². The molecule has 1 aliphatic rings. The molecule has 2 N–H and O–H groups in total. The molecule has 2 rings (SSSR count). The molecule has 0 radical (unpaired) electrons. The SMILES string of the molecule is COc1ccc(CNC(=O)N(C)CC2CCCCC2O)cc1Cl. The number of rotatable bonds is 5. The van der Waals surface area contributed by atoms with Gasteiger partial charge in [-0.25, -0.2) is 4.79 Å². The molecule has 2 unspecified atom stereocenters. The third-order valence-electron chi connectivity index (χ3n) is 4.38. The average molecular weight is 341 g/mol.